The standard InChI is InChI=1S/C10N4O2/c1-13-7-5(3-11)9(15)6(4-12)8(14-2)10(7)16. The van der Waals surface area contributed by atoms with Gasteiger partial charge in [-0.15, -0.1) is 0 Å². The Morgan fingerprint density at radius 2 is 1.25 bits per heavy atom. The van der Waals surface area contributed by atoms with Gasteiger partial charge in [0.1, 0.15) is 11.1 Å². The topological polar surface area (TPSA) is 90.4 Å². The minimum absolute atomic E-state index is 0.677. The van der Waals surface area contributed by atoms with Gasteiger partial charge in [-0.05, 0) is 0 Å². The molecule has 0 spiro atoms. The SMILES string of the molecule is [C-]#[N+]C1=C(C#N)C(=O)C(C#N)=C([N+]#[C-])C1=O. The summed E-state index contributed by atoms with van der Waals surface area (Å²) in [7, 11) is 0. The maximum Gasteiger partial charge on any atom is 0.244 e. The number of hydrogen-bond donors (Lipinski definition) is 0. The van der Waals surface area contributed by atoms with E-state index in [2.05, 4.69) is 9.69 Å². The van der Waals surface area contributed by atoms with E-state index in [1.54, 1.807) is 0 Å². The lowest BCUT2D eigenvalue weighted by Crippen LogP contribution is -2.20. The monoisotopic (exact) mass is 208 g/mol. The molecule has 0 radical (unpaired) electrons. The number of hydrogen-bond acceptors (Lipinski definition) is 4. The Hall–Kier alpha value is -3.22. The first-order chi connectivity index (χ1) is 7.62. The third kappa shape index (κ3) is 1.24. The van der Waals surface area contributed by atoms with Crippen LogP contribution in [0.1, 0.15) is 0 Å². The summed E-state index contributed by atoms with van der Waals surface area (Å²) in [6, 6.07) is 2.80. The Morgan fingerprint density at radius 3 is 1.50 bits per heavy atom. The van der Waals surface area contributed by atoms with Gasteiger partial charge in [0, 0.05) is 0 Å². The van der Waals surface area contributed by atoms with Crippen LogP contribution < -0.4 is 0 Å². The zero-order chi connectivity index (χ0) is 12.3. The number of carbonyl (C=O) groups excluding carboxylic acids is 2. The zero-order valence-corrected chi connectivity index (χ0v) is 7.61. The third-order valence-corrected chi connectivity index (χ3v) is 1.81. The zero-order valence-electron chi connectivity index (χ0n) is 7.61. The lowest BCUT2D eigenvalue weighted by molar-refractivity contribution is -0.115. The van der Waals surface area contributed by atoms with Crippen LogP contribution in [0.3, 0.4) is 0 Å². The van der Waals surface area contributed by atoms with Crippen LogP contribution in [-0.2, 0) is 9.59 Å². The van der Waals surface area contributed by atoms with Gasteiger partial charge in [0.2, 0.25) is 11.4 Å². The summed E-state index contributed by atoms with van der Waals surface area (Å²) in [4.78, 5) is 28.4. The Bertz CT molecular complexity index is 528. The van der Waals surface area contributed by atoms with Crippen LogP contribution in [0.2, 0.25) is 0 Å². The molecule has 6 nitrogen and oxygen atoms in total. The highest BCUT2D eigenvalue weighted by Crippen LogP contribution is 2.25. The van der Waals surface area contributed by atoms with Crippen molar-refractivity contribution >= 4 is 11.6 Å². The van der Waals surface area contributed by atoms with E-state index in [-0.39, 0.29) is 0 Å². The van der Waals surface area contributed by atoms with E-state index in [4.69, 9.17) is 23.7 Å². The molecule has 0 bridgehead atoms. The molecule has 1 rings (SSSR count). The molecule has 0 saturated carbocycles. The molecule has 72 valence electrons. The summed E-state index contributed by atoms with van der Waals surface area (Å²) in [5.41, 5.74) is -2.75. The van der Waals surface area contributed by atoms with E-state index in [9.17, 15) is 9.59 Å². The summed E-state index contributed by atoms with van der Waals surface area (Å²) in [6.45, 7) is 13.3. The second-order valence-corrected chi connectivity index (χ2v) is 2.55. The van der Waals surface area contributed by atoms with Crippen molar-refractivity contribution in [2.75, 3.05) is 0 Å². The van der Waals surface area contributed by atoms with E-state index < -0.39 is 34.1 Å². The molecule has 0 aliphatic heterocycles. The van der Waals surface area contributed by atoms with E-state index >= 15 is 0 Å². The van der Waals surface area contributed by atoms with E-state index in [0.29, 0.717) is 0 Å². The summed E-state index contributed by atoms with van der Waals surface area (Å²) >= 11 is 0. The Balaban J connectivity index is 3.67. The number of nitriles is 2. The van der Waals surface area contributed by atoms with Crippen LogP contribution >= 0.6 is 0 Å². The van der Waals surface area contributed by atoms with Crippen LogP contribution in [0.15, 0.2) is 22.5 Å². The molecular weight excluding hydrogens is 208 g/mol. The van der Waals surface area contributed by atoms with Crippen molar-refractivity contribution < 1.29 is 9.59 Å². The molecule has 16 heavy (non-hydrogen) atoms. The normalized spacial score (nSPS) is 15.0. The smallest absolute Gasteiger partial charge is 0.244 e. The van der Waals surface area contributed by atoms with Gasteiger partial charge in [-0.25, -0.2) is 9.69 Å². The minimum Gasteiger partial charge on any atom is -0.316 e. The number of carbonyl (C=O) groups is 2. The molecule has 0 saturated heterocycles. The van der Waals surface area contributed by atoms with Gasteiger partial charge in [0.15, 0.2) is 11.6 Å². The van der Waals surface area contributed by atoms with Crippen LogP contribution in [0, 0.1) is 35.8 Å². The Labute approximate surface area is 90.0 Å². The summed E-state index contributed by atoms with van der Waals surface area (Å²) in [6.07, 6.45) is 0. The van der Waals surface area contributed by atoms with Gasteiger partial charge in [-0.1, -0.05) is 0 Å². The molecule has 0 N–H and O–H groups in total. The van der Waals surface area contributed by atoms with Gasteiger partial charge in [0.05, 0.1) is 25.3 Å². The van der Waals surface area contributed by atoms with Gasteiger partial charge in [-0.2, -0.15) is 10.5 Å². The second kappa shape index (κ2) is 3.88. The van der Waals surface area contributed by atoms with Gasteiger partial charge >= 0.3 is 0 Å². The average molecular weight is 208 g/mol. The molecule has 0 fully saturated rings. The van der Waals surface area contributed by atoms with Crippen molar-refractivity contribution in [1.29, 1.82) is 10.5 Å². The second-order valence-electron chi connectivity index (χ2n) is 2.55. The molecule has 0 heterocycles. The fourth-order valence-electron chi connectivity index (χ4n) is 1.10. The number of Topliss-reactive ketones (excluding diaryl/α,β-unsaturated/α-hetero) is 2. The molecular formula is C10N4O2. The average Bonchev–Trinajstić information content (AvgIpc) is 2.30. The first kappa shape index (κ1) is 10.9. The summed E-state index contributed by atoms with van der Waals surface area (Å²) in [5, 5.41) is 17.2. The van der Waals surface area contributed by atoms with Crippen molar-refractivity contribution in [3.8, 4) is 12.1 Å². The first-order valence-corrected chi connectivity index (χ1v) is 3.75. The van der Waals surface area contributed by atoms with Gasteiger partial charge < -0.3 is 4.79 Å². The quantitative estimate of drug-likeness (QED) is 0.429. The fourth-order valence-corrected chi connectivity index (χ4v) is 1.10. The van der Waals surface area contributed by atoms with Gasteiger partial charge in [-0.3, -0.25) is 4.79 Å². The van der Waals surface area contributed by atoms with Crippen molar-refractivity contribution in [3.05, 3.63) is 45.4 Å². The molecule has 6 heteroatoms. The number of nitrogens with zero attached hydrogens (tertiary/aromatic N) is 4. The molecule has 0 aromatic heterocycles. The van der Waals surface area contributed by atoms with Crippen LogP contribution in [0.25, 0.3) is 9.69 Å². The van der Waals surface area contributed by atoms with Crippen molar-refractivity contribution in [2.45, 2.75) is 0 Å². The number of ketones is 2. The lowest BCUT2D eigenvalue weighted by Gasteiger charge is -2.08. The predicted molar refractivity (Wildman–Crippen MR) is 48.5 cm³/mol. The molecule has 0 aromatic rings. The third-order valence-electron chi connectivity index (χ3n) is 1.81. The fraction of sp³-hybridized carbons (Fsp3) is 0. The number of rotatable bonds is 0. The van der Waals surface area contributed by atoms with Gasteiger partial charge in [0.25, 0.3) is 0 Å². The van der Waals surface area contributed by atoms with E-state index in [1.165, 1.54) is 12.1 Å². The molecule has 0 amide bonds. The largest absolute Gasteiger partial charge is 0.316 e. The molecule has 0 aromatic carbocycles. The van der Waals surface area contributed by atoms with Crippen molar-refractivity contribution in [3.63, 3.8) is 0 Å². The predicted octanol–water partition coefficient (Wildman–Crippen LogP) is 0.532. The molecule has 1 aliphatic rings. The molecule has 0 atom stereocenters. The highest BCUT2D eigenvalue weighted by molar-refractivity contribution is 6.29. The first-order valence-electron chi connectivity index (χ1n) is 3.75. The van der Waals surface area contributed by atoms with E-state index in [1.807, 2.05) is 0 Å². The van der Waals surface area contributed by atoms with Crippen LogP contribution in [-0.4, -0.2) is 11.6 Å². The Kier molecular flexibility index (Phi) is 2.63. The molecule has 1 aliphatic carbocycles. The molecule has 0 unspecified atom stereocenters. The van der Waals surface area contributed by atoms with Crippen molar-refractivity contribution in [1.82, 2.24) is 0 Å². The van der Waals surface area contributed by atoms with Crippen LogP contribution in [0.5, 0.6) is 0 Å². The summed E-state index contributed by atoms with van der Waals surface area (Å²) < 4.78 is 0. The van der Waals surface area contributed by atoms with Crippen molar-refractivity contribution in [2.24, 2.45) is 0 Å². The highest BCUT2D eigenvalue weighted by atomic mass is 16.1. The number of allylic oxidation sites excluding steroid dienone is 2. The lowest BCUT2D eigenvalue weighted by atomic mass is 9.92. The maximum atomic E-state index is 11.5. The van der Waals surface area contributed by atoms with Crippen LogP contribution in [0.4, 0.5) is 0 Å². The van der Waals surface area contributed by atoms with E-state index in [0.717, 1.165) is 0 Å². The minimum atomic E-state index is -1.04. The highest BCUT2D eigenvalue weighted by Gasteiger charge is 2.35. The Morgan fingerprint density at radius 1 is 0.875 bits per heavy atom. The maximum absolute atomic E-state index is 11.5. The summed E-state index contributed by atoms with van der Waals surface area (Å²) in [5.74, 6) is -2.08.